The quantitative estimate of drug-likeness (QED) is 0.356. The summed E-state index contributed by atoms with van der Waals surface area (Å²) in [5, 5.41) is 0. The molecule has 2 amide bonds. The minimum absolute atomic E-state index is 0.00830. The molecule has 0 saturated carbocycles. The average molecular weight is 628 g/mol. The first kappa shape index (κ1) is 33.1. The summed E-state index contributed by atoms with van der Waals surface area (Å²) < 4.78 is 63.8. The number of aryl methyl sites for hydroxylation is 2. The Labute approximate surface area is 258 Å². The van der Waals surface area contributed by atoms with Gasteiger partial charge in [-0.3, -0.25) is 4.79 Å². The van der Waals surface area contributed by atoms with Crippen LogP contribution in [0, 0.1) is 39.3 Å². The van der Waals surface area contributed by atoms with Gasteiger partial charge >= 0.3 is 6.09 Å². The van der Waals surface area contributed by atoms with E-state index in [4.69, 9.17) is 4.74 Å². The Morgan fingerprint density at radius 2 is 1.55 bits per heavy atom. The maximum atomic E-state index is 14.9. The molecule has 1 aliphatic heterocycles. The number of carbonyl (C=O) groups excluding carboxylic acids is 2. The number of halogens is 2. The van der Waals surface area contributed by atoms with E-state index in [0.29, 0.717) is 16.7 Å². The Morgan fingerprint density at radius 3 is 2.14 bits per heavy atom. The number of ether oxygens (including phenoxy) is 1. The van der Waals surface area contributed by atoms with Crippen molar-refractivity contribution in [3.63, 3.8) is 0 Å². The highest BCUT2D eigenvalue weighted by Gasteiger charge is 2.37. The molecule has 1 N–H and O–H groups in total. The molecule has 44 heavy (non-hydrogen) atoms. The van der Waals surface area contributed by atoms with Crippen LogP contribution in [-0.4, -0.2) is 55.5 Å². The third-order valence-electron chi connectivity index (χ3n) is 7.84. The maximum absolute atomic E-state index is 14.9. The summed E-state index contributed by atoms with van der Waals surface area (Å²) >= 11 is 0. The van der Waals surface area contributed by atoms with E-state index in [-0.39, 0.29) is 42.2 Å². The molecule has 8 nitrogen and oxygen atoms in total. The van der Waals surface area contributed by atoms with E-state index in [1.54, 1.807) is 58.9 Å². The standard InChI is InChI=1S/C33H39F2N3O5S/c1-20-16-21(2)23(4)30(22(20)3)44(41,42)36-18-24-8-10-25(11-9-24)31(39)38-15-14-37(32(40)43-33(5,6)7)19-29(38)27-17-26(34)12-13-28(27)35/h8-13,16-17,29,36H,14-15,18-19H2,1-7H3. The van der Waals surface area contributed by atoms with Crippen molar-refractivity contribution in [2.75, 3.05) is 19.6 Å². The molecule has 3 aromatic carbocycles. The first-order valence-corrected chi connectivity index (χ1v) is 15.9. The lowest BCUT2D eigenvalue weighted by Crippen LogP contribution is -2.53. The molecule has 1 heterocycles. The maximum Gasteiger partial charge on any atom is 0.410 e. The fraction of sp³-hybridized carbons (Fsp3) is 0.394. The fourth-order valence-corrected chi connectivity index (χ4v) is 6.95. The molecular formula is C33H39F2N3O5S. The van der Waals surface area contributed by atoms with Gasteiger partial charge in [-0.05, 0) is 107 Å². The molecule has 1 aliphatic rings. The van der Waals surface area contributed by atoms with Crippen LogP contribution >= 0.6 is 0 Å². The van der Waals surface area contributed by atoms with E-state index in [1.165, 1.54) is 9.80 Å². The van der Waals surface area contributed by atoms with E-state index >= 15 is 0 Å². The van der Waals surface area contributed by atoms with Gasteiger partial charge in [-0.15, -0.1) is 0 Å². The van der Waals surface area contributed by atoms with Gasteiger partial charge < -0.3 is 14.5 Å². The van der Waals surface area contributed by atoms with Gasteiger partial charge in [0.25, 0.3) is 5.91 Å². The highest BCUT2D eigenvalue weighted by molar-refractivity contribution is 7.89. The van der Waals surface area contributed by atoms with Crippen LogP contribution in [0.25, 0.3) is 0 Å². The zero-order valence-electron chi connectivity index (χ0n) is 26.1. The second kappa shape index (κ2) is 12.6. The zero-order chi connectivity index (χ0) is 32.6. The minimum Gasteiger partial charge on any atom is -0.444 e. The average Bonchev–Trinajstić information content (AvgIpc) is 2.95. The molecule has 1 saturated heterocycles. The number of benzene rings is 3. The Bertz CT molecular complexity index is 1660. The number of nitrogens with zero attached hydrogens (tertiary/aromatic N) is 2. The SMILES string of the molecule is Cc1cc(C)c(C)c(S(=O)(=O)NCc2ccc(C(=O)N3CCN(C(=O)OC(C)(C)C)CC3c3cc(F)ccc3F)cc2)c1C. The van der Waals surface area contributed by atoms with Crippen molar-refractivity contribution in [2.24, 2.45) is 0 Å². The monoisotopic (exact) mass is 627 g/mol. The molecule has 1 unspecified atom stereocenters. The summed E-state index contributed by atoms with van der Waals surface area (Å²) in [5.74, 6) is -1.80. The van der Waals surface area contributed by atoms with Crippen molar-refractivity contribution in [1.82, 2.24) is 14.5 Å². The number of rotatable bonds is 6. The van der Waals surface area contributed by atoms with Crippen LogP contribution < -0.4 is 4.72 Å². The molecule has 0 aliphatic carbocycles. The van der Waals surface area contributed by atoms with Crippen molar-refractivity contribution in [3.8, 4) is 0 Å². The number of hydrogen-bond acceptors (Lipinski definition) is 5. The van der Waals surface area contributed by atoms with Crippen LogP contribution in [0.5, 0.6) is 0 Å². The van der Waals surface area contributed by atoms with Crippen LogP contribution in [0.1, 0.15) is 70.6 Å². The highest BCUT2D eigenvalue weighted by atomic mass is 32.2. The van der Waals surface area contributed by atoms with Crippen LogP contribution in [0.15, 0.2) is 53.4 Å². The van der Waals surface area contributed by atoms with Crippen molar-refractivity contribution >= 4 is 22.0 Å². The predicted molar refractivity (Wildman–Crippen MR) is 164 cm³/mol. The van der Waals surface area contributed by atoms with Crippen LogP contribution in [0.2, 0.25) is 0 Å². The summed E-state index contributed by atoms with van der Waals surface area (Å²) in [5.41, 5.74) is 3.28. The molecule has 0 spiro atoms. The van der Waals surface area contributed by atoms with Gasteiger partial charge in [0, 0.05) is 37.3 Å². The summed E-state index contributed by atoms with van der Waals surface area (Å²) in [6.07, 6.45) is -0.607. The molecule has 0 radical (unpaired) electrons. The van der Waals surface area contributed by atoms with Crippen LogP contribution in [0.3, 0.4) is 0 Å². The topological polar surface area (TPSA) is 96.0 Å². The lowest BCUT2D eigenvalue weighted by atomic mass is 10.00. The highest BCUT2D eigenvalue weighted by Crippen LogP contribution is 2.31. The van der Waals surface area contributed by atoms with Crippen LogP contribution in [0.4, 0.5) is 13.6 Å². The summed E-state index contributed by atoms with van der Waals surface area (Å²) in [6.45, 7) is 12.6. The van der Waals surface area contributed by atoms with E-state index < -0.39 is 45.3 Å². The summed E-state index contributed by atoms with van der Waals surface area (Å²) in [4.78, 5) is 29.6. The smallest absolute Gasteiger partial charge is 0.410 e. The molecule has 3 aromatic rings. The van der Waals surface area contributed by atoms with Crippen molar-refractivity contribution < 1.29 is 31.5 Å². The van der Waals surface area contributed by atoms with E-state index in [9.17, 15) is 26.8 Å². The van der Waals surface area contributed by atoms with Crippen molar-refractivity contribution in [2.45, 2.75) is 71.5 Å². The van der Waals surface area contributed by atoms with Gasteiger partial charge in [0.1, 0.15) is 17.2 Å². The third-order valence-corrected chi connectivity index (χ3v) is 9.52. The Hall–Kier alpha value is -3.83. The minimum atomic E-state index is -3.81. The number of piperazine rings is 1. The number of carbonyl (C=O) groups is 2. The van der Waals surface area contributed by atoms with Crippen molar-refractivity contribution in [3.05, 3.63) is 99.1 Å². The molecule has 4 rings (SSSR count). The molecule has 1 atom stereocenters. The summed E-state index contributed by atoms with van der Waals surface area (Å²) in [7, 11) is -3.81. The van der Waals surface area contributed by atoms with Gasteiger partial charge in [-0.2, -0.15) is 0 Å². The molecule has 1 fully saturated rings. The molecule has 236 valence electrons. The van der Waals surface area contributed by atoms with Gasteiger partial charge in [0.05, 0.1) is 10.9 Å². The molecule has 0 aromatic heterocycles. The predicted octanol–water partition coefficient (Wildman–Crippen LogP) is 6.11. The lowest BCUT2D eigenvalue weighted by molar-refractivity contribution is 0.00369. The largest absolute Gasteiger partial charge is 0.444 e. The molecular weight excluding hydrogens is 588 g/mol. The van der Waals surface area contributed by atoms with E-state index in [2.05, 4.69) is 4.72 Å². The second-order valence-electron chi connectivity index (χ2n) is 12.2. The molecule has 0 bridgehead atoms. The lowest BCUT2D eigenvalue weighted by Gasteiger charge is -2.42. The van der Waals surface area contributed by atoms with Gasteiger partial charge in [0.2, 0.25) is 10.0 Å². The number of nitrogens with one attached hydrogen (secondary N) is 1. The Morgan fingerprint density at radius 1 is 0.932 bits per heavy atom. The molecule has 11 heteroatoms. The number of hydrogen-bond donors (Lipinski definition) is 1. The van der Waals surface area contributed by atoms with Gasteiger partial charge in [0.15, 0.2) is 0 Å². The van der Waals surface area contributed by atoms with Gasteiger partial charge in [-0.1, -0.05) is 18.2 Å². The fourth-order valence-electron chi connectivity index (χ4n) is 5.32. The third kappa shape index (κ3) is 7.27. The first-order valence-electron chi connectivity index (χ1n) is 14.4. The first-order chi connectivity index (χ1) is 20.5. The zero-order valence-corrected chi connectivity index (χ0v) is 26.9. The van der Waals surface area contributed by atoms with Gasteiger partial charge in [-0.25, -0.2) is 26.7 Å². The Kier molecular flexibility index (Phi) is 9.51. The van der Waals surface area contributed by atoms with Crippen molar-refractivity contribution in [1.29, 1.82) is 0 Å². The number of sulfonamides is 1. The summed E-state index contributed by atoms with van der Waals surface area (Å²) in [6, 6.07) is 10.5. The van der Waals surface area contributed by atoms with E-state index in [0.717, 1.165) is 29.3 Å². The Balaban J connectivity index is 1.54. The van der Waals surface area contributed by atoms with Crippen LogP contribution in [-0.2, 0) is 21.3 Å². The van der Waals surface area contributed by atoms with E-state index in [1.807, 2.05) is 19.9 Å². The normalized spacial score (nSPS) is 15.8. The number of amides is 2. The second-order valence-corrected chi connectivity index (χ2v) is 13.9.